The van der Waals surface area contributed by atoms with E-state index in [4.69, 9.17) is 4.99 Å². The third kappa shape index (κ3) is 6.19. The SMILES string of the molecule is CCNC(=NCC1CCCN(Cc2cccs2)C1)NC1CC1C.I. The molecule has 6 heteroatoms. The number of rotatable bonds is 6. The molecule has 1 aromatic rings. The van der Waals surface area contributed by atoms with Gasteiger partial charge in [-0.05, 0) is 56.0 Å². The van der Waals surface area contributed by atoms with Crippen molar-refractivity contribution in [1.82, 2.24) is 15.5 Å². The van der Waals surface area contributed by atoms with E-state index < -0.39 is 0 Å². The highest BCUT2D eigenvalue weighted by Crippen LogP contribution is 2.28. The van der Waals surface area contributed by atoms with Crippen molar-refractivity contribution in [3.63, 3.8) is 0 Å². The highest BCUT2D eigenvalue weighted by Gasteiger charge is 2.33. The largest absolute Gasteiger partial charge is 0.357 e. The van der Waals surface area contributed by atoms with Crippen molar-refractivity contribution in [3.8, 4) is 0 Å². The van der Waals surface area contributed by atoms with Gasteiger partial charge in [0.1, 0.15) is 0 Å². The summed E-state index contributed by atoms with van der Waals surface area (Å²) in [6, 6.07) is 5.03. The molecule has 2 heterocycles. The van der Waals surface area contributed by atoms with Crippen LogP contribution in [-0.2, 0) is 6.54 Å². The topological polar surface area (TPSA) is 39.7 Å². The van der Waals surface area contributed by atoms with E-state index in [0.717, 1.165) is 31.5 Å². The van der Waals surface area contributed by atoms with Gasteiger partial charge in [-0.2, -0.15) is 0 Å². The Labute approximate surface area is 167 Å². The van der Waals surface area contributed by atoms with Gasteiger partial charge in [0, 0.05) is 37.1 Å². The van der Waals surface area contributed by atoms with Gasteiger partial charge >= 0.3 is 0 Å². The maximum Gasteiger partial charge on any atom is 0.191 e. The lowest BCUT2D eigenvalue weighted by atomic mass is 9.98. The summed E-state index contributed by atoms with van der Waals surface area (Å²) in [5.74, 6) is 2.50. The molecule has 1 aliphatic carbocycles. The monoisotopic (exact) mass is 462 g/mol. The van der Waals surface area contributed by atoms with Crippen LogP contribution in [0.15, 0.2) is 22.5 Å². The van der Waals surface area contributed by atoms with Gasteiger partial charge in [-0.1, -0.05) is 13.0 Å². The van der Waals surface area contributed by atoms with Gasteiger partial charge in [-0.15, -0.1) is 35.3 Å². The number of piperidine rings is 1. The lowest BCUT2D eigenvalue weighted by molar-refractivity contribution is 0.172. The molecule has 24 heavy (non-hydrogen) atoms. The summed E-state index contributed by atoms with van der Waals surface area (Å²) in [6.45, 7) is 9.83. The van der Waals surface area contributed by atoms with E-state index in [0.29, 0.717) is 12.0 Å². The third-order valence-electron chi connectivity index (χ3n) is 4.85. The van der Waals surface area contributed by atoms with Gasteiger partial charge in [0.2, 0.25) is 0 Å². The van der Waals surface area contributed by atoms with Crippen LogP contribution in [0.2, 0.25) is 0 Å². The molecule has 0 radical (unpaired) electrons. The number of thiophene rings is 1. The van der Waals surface area contributed by atoms with E-state index in [1.807, 2.05) is 11.3 Å². The van der Waals surface area contributed by atoms with Gasteiger partial charge in [-0.25, -0.2) is 0 Å². The second-order valence-electron chi connectivity index (χ2n) is 7.01. The van der Waals surface area contributed by atoms with Crippen molar-refractivity contribution in [1.29, 1.82) is 0 Å². The van der Waals surface area contributed by atoms with E-state index in [1.165, 1.54) is 37.2 Å². The summed E-state index contributed by atoms with van der Waals surface area (Å²) in [4.78, 5) is 8.93. The zero-order chi connectivity index (χ0) is 16.1. The Hall–Kier alpha value is -0.340. The van der Waals surface area contributed by atoms with Crippen molar-refractivity contribution < 1.29 is 0 Å². The van der Waals surface area contributed by atoms with Crippen molar-refractivity contribution in [2.45, 2.75) is 45.7 Å². The Kier molecular flexibility index (Phi) is 8.30. The molecule has 2 N–H and O–H groups in total. The maximum absolute atomic E-state index is 4.85. The summed E-state index contributed by atoms with van der Waals surface area (Å²) in [5.41, 5.74) is 0. The molecule has 4 nitrogen and oxygen atoms in total. The number of aliphatic imine (C=N–C) groups is 1. The summed E-state index contributed by atoms with van der Waals surface area (Å²) in [7, 11) is 0. The second kappa shape index (κ2) is 9.97. The van der Waals surface area contributed by atoms with Crippen molar-refractivity contribution in [2.24, 2.45) is 16.8 Å². The number of guanidine groups is 1. The van der Waals surface area contributed by atoms with Crippen molar-refractivity contribution in [2.75, 3.05) is 26.2 Å². The smallest absolute Gasteiger partial charge is 0.191 e. The lowest BCUT2D eigenvalue weighted by Crippen LogP contribution is -2.40. The standard InChI is InChI=1S/C18H30N4S.HI/c1-3-19-18(21-17-10-14(17)2)20-11-15-6-4-8-22(12-15)13-16-7-5-9-23-16;/h5,7,9,14-15,17H,3-4,6,8,10-13H2,1-2H3,(H2,19,20,21);1H. The van der Waals surface area contributed by atoms with Gasteiger partial charge < -0.3 is 10.6 Å². The first-order chi connectivity index (χ1) is 11.2. The molecule has 1 saturated heterocycles. The molecular formula is C18H31IN4S. The molecule has 2 aliphatic rings. The summed E-state index contributed by atoms with van der Waals surface area (Å²) in [5, 5.41) is 9.12. The molecule has 3 atom stereocenters. The number of hydrogen-bond acceptors (Lipinski definition) is 3. The maximum atomic E-state index is 4.85. The molecule has 1 aliphatic heterocycles. The normalized spacial score (nSPS) is 27.4. The van der Waals surface area contributed by atoms with Crippen LogP contribution in [0.4, 0.5) is 0 Å². The zero-order valence-electron chi connectivity index (χ0n) is 14.8. The molecule has 0 spiro atoms. The predicted molar refractivity (Wildman–Crippen MR) is 114 cm³/mol. The Morgan fingerprint density at radius 3 is 2.96 bits per heavy atom. The highest BCUT2D eigenvalue weighted by atomic mass is 127. The fourth-order valence-electron chi connectivity index (χ4n) is 3.31. The van der Waals surface area contributed by atoms with Gasteiger partial charge in [0.15, 0.2) is 5.96 Å². The molecular weight excluding hydrogens is 431 g/mol. The van der Waals surface area contributed by atoms with Gasteiger partial charge in [-0.3, -0.25) is 9.89 Å². The van der Waals surface area contributed by atoms with E-state index >= 15 is 0 Å². The number of nitrogens with zero attached hydrogens (tertiary/aromatic N) is 2. The van der Waals surface area contributed by atoms with Crippen LogP contribution in [0.5, 0.6) is 0 Å². The first kappa shape index (κ1) is 20.0. The molecule has 1 saturated carbocycles. The highest BCUT2D eigenvalue weighted by molar-refractivity contribution is 14.0. The molecule has 3 unspecified atom stereocenters. The molecule has 0 aromatic carbocycles. The molecule has 3 rings (SSSR count). The number of likely N-dealkylation sites (tertiary alicyclic amines) is 1. The van der Waals surface area contributed by atoms with E-state index in [9.17, 15) is 0 Å². The fourth-order valence-corrected chi connectivity index (χ4v) is 4.05. The molecule has 0 bridgehead atoms. The number of halogens is 1. The number of nitrogens with one attached hydrogen (secondary N) is 2. The van der Waals surface area contributed by atoms with Gasteiger partial charge in [0.05, 0.1) is 0 Å². The van der Waals surface area contributed by atoms with Crippen LogP contribution in [0.25, 0.3) is 0 Å². The Morgan fingerprint density at radius 2 is 2.29 bits per heavy atom. The number of hydrogen-bond donors (Lipinski definition) is 2. The molecule has 0 amide bonds. The van der Waals surface area contributed by atoms with Crippen LogP contribution in [-0.4, -0.2) is 43.1 Å². The minimum absolute atomic E-state index is 0. The fraction of sp³-hybridized carbons (Fsp3) is 0.722. The average molecular weight is 462 g/mol. The van der Waals surface area contributed by atoms with Gasteiger partial charge in [0.25, 0.3) is 0 Å². The van der Waals surface area contributed by atoms with Crippen LogP contribution in [0.1, 0.15) is 38.0 Å². The molecule has 1 aromatic heterocycles. The predicted octanol–water partition coefficient (Wildman–Crippen LogP) is 3.54. The Bertz CT molecular complexity index is 505. The van der Waals surface area contributed by atoms with E-state index in [1.54, 1.807) is 0 Å². The minimum Gasteiger partial charge on any atom is -0.357 e. The van der Waals surface area contributed by atoms with Crippen LogP contribution in [0.3, 0.4) is 0 Å². The molecule has 2 fully saturated rings. The molecule has 136 valence electrons. The second-order valence-corrected chi connectivity index (χ2v) is 8.04. The van der Waals surface area contributed by atoms with Crippen LogP contribution < -0.4 is 10.6 Å². The third-order valence-corrected chi connectivity index (χ3v) is 5.71. The van der Waals surface area contributed by atoms with Crippen molar-refractivity contribution >= 4 is 41.3 Å². The summed E-state index contributed by atoms with van der Waals surface area (Å²) in [6.07, 6.45) is 3.89. The van der Waals surface area contributed by atoms with E-state index in [2.05, 4.69) is 46.9 Å². The zero-order valence-corrected chi connectivity index (χ0v) is 18.0. The summed E-state index contributed by atoms with van der Waals surface area (Å²) < 4.78 is 0. The first-order valence-electron chi connectivity index (χ1n) is 9.04. The Morgan fingerprint density at radius 1 is 1.46 bits per heavy atom. The lowest BCUT2D eigenvalue weighted by Gasteiger charge is -2.31. The van der Waals surface area contributed by atoms with E-state index in [-0.39, 0.29) is 24.0 Å². The quantitative estimate of drug-likeness (QED) is 0.386. The summed E-state index contributed by atoms with van der Waals surface area (Å²) >= 11 is 1.87. The Balaban J connectivity index is 0.00000208. The minimum atomic E-state index is 0. The van der Waals surface area contributed by atoms with Crippen LogP contribution >= 0.6 is 35.3 Å². The first-order valence-corrected chi connectivity index (χ1v) is 9.92. The van der Waals surface area contributed by atoms with Crippen molar-refractivity contribution in [3.05, 3.63) is 22.4 Å². The average Bonchev–Trinajstić information content (AvgIpc) is 3.00. The van der Waals surface area contributed by atoms with Crippen LogP contribution in [0, 0.1) is 11.8 Å².